The van der Waals surface area contributed by atoms with Crippen molar-refractivity contribution in [3.63, 3.8) is 0 Å². The largest absolute Gasteiger partial charge is 0.327 e. The monoisotopic (exact) mass is 412 g/mol. The molecular weight excluding hydrogens is 402 g/mol. The van der Waals surface area contributed by atoms with Crippen LogP contribution in [0.5, 0.6) is 0 Å². The lowest BCUT2D eigenvalue weighted by Crippen LogP contribution is -2.02. The molecule has 0 amide bonds. The number of hydrogen-bond acceptors (Lipinski definition) is 1. The van der Waals surface area contributed by atoms with E-state index in [1.54, 1.807) is 12.3 Å². The summed E-state index contributed by atoms with van der Waals surface area (Å²) in [5.74, 6) is 0.541. The standard InChI is InChI=1S/C16H11ClFIN2/c17-15-9-13(18)4-1-12(15)10-21-8-7-20-16(21)11-2-5-14(19)6-3-11/h1-9H,10H2. The molecule has 5 heteroatoms. The number of hydrogen-bond donors (Lipinski definition) is 0. The van der Waals surface area contributed by atoms with E-state index in [9.17, 15) is 4.39 Å². The van der Waals surface area contributed by atoms with Crippen LogP contribution in [0.2, 0.25) is 5.02 Å². The Morgan fingerprint density at radius 1 is 1.14 bits per heavy atom. The highest BCUT2D eigenvalue weighted by atomic mass is 127. The molecule has 1 aromatic heterocycles. The second-order valence-electron chi connectivity index (χ2n) is 4.62. The highest BCUT2D eigenvalue weighted by molar-refractivity contribution is 14.1. The van der Waals surface area contributed by atoms with E-state index >= 15 is 0 Å². The molecule has 0 spiro atoms. The summed E-state index contributed by atoms with van der Waals surface area (Å²) < 4.78 is 16.3. The Balaban J connectivity index is 1.94. The first-order valence-corrected chi connectivity index (χ1v) is 7.80. The Hall–Kier alpha value is -1.40. The first-order chi connectivity index (χ1) is 10.1. The van der Waals surface area contributed by atoms with Crippen molar-refractivity contribution in [3.8, 4) is 11.4 Å². The Bertz CT molecular complexity index is 768. The van der Waals surface area contributed by atoms with Crippen molar-refractivity contribution < 1.29 is 4.39 Å². The van der Waals surface area contributed by atoms with Crippen LogP contribution in [0, 0.1) is 9.39 Å². The molecule has 0 radical (unpaired) electrons. The molecule has 2 aromatic carbocycles. The van der Waals surface area contributed by atoms with Gasteiger partial charge >= 0.3 is 0 Å². The van der Waals surface area contributed by atoms with Gasteiger partial charge in [-0.15, -0.1) is 0 Å². The number of nitrogens with zero attached hydrogens (tertiary/aromatic N) is 2. The maximum Gasteiger partial charge on any atom is 0.140 e. The summed E-state index contributed by atoms with van der Waals surface area (Å²) in [6.45, 7) is 0.556. The Kier molecular flexibility index (Phi) is 4.26. The third-order valence-corrected chi connectivity index (χ3v) is 4.24. The molecule has 0 N–H and O–H groups in total. The molecule has 1 heterocycles. The van der Waals surface area contributed by atoms with E-state index in [1.807, 2.05) is 35.0 Å². The van der Waals surface area contributed by atoms with Gasteiger partial charge in [-0.1, -0.05) is 29.8 Å². The van der Waals surface area contributed by atoms with Crippen LogP contribution in [0.15, 0.2) is 54.9 Å². The second kappa shape index (κ2) is 6.15. The minimum Gasteiger partial charge on any atom is -0.327 e. The van der Waals surface area contributed by atoms with Gasteiger partial charge < -0.3 is 4.57 Å². The van der Waals surface area contributed by atoms with Crippen molar-refractivity contribution in [1.29, 1.82) is 0 Å². The van der Waals surface area contributed by atoms with Crippen LogP contribution in [0.25, 0.3) is 11.4 Å². The zero-order chi connectivity index (χ0) is 14.8. The van der Waals surface area contributed by atoms with Gasteiger partial charge in [-0.25, -0.2) is 9.37 Å². The quantitative estimate of drug-likeness (QED) is 0.554. The first-order valence-electron chi connectivity index (χ1n) is 6.34. The maximum atomic E-state index is 13.1. The van der Waals surface area contributed by atoms with Crippen molar-refractivity contribution >= 4 is 34.2 Å². The molecule has 0 saturated heterocycles. The third kappa shape index (κ3) is 3.27. The van der Waals surface area contributed by atoms with Crippen LogP contribution >= 0.6 is 34.2 Å². The van der Waals surface area contributed by atoms with Crippen LogP contribution in [0.1, 0.15) is 5.56 Å². The predicted octanol–water partition coefficient (Wildman–Crippen LogP) is 5.00. The highest BCUT2D eigenvalue weighted by Crippen LogP contribution is 2.23. The van der Waals surface area contributed by atoms with E-state index in [4.69, 9.17) is 11.6 Å². The zero-order valence-electron chi connectivity index (χ0n) is 10.9. The summed E-state index contributed by atoms with van der Waals surface area (Å²) in [5.41, 5.74) is 1.90. The van der Waals surface area contributed by atoms with Crippen molar-refractivity contribution in [2.45, 2.75) is 6.54 Å². The molecule has 2 nitrogen and oxygen atoms in total. The summed E-state index contributed by atoms with van der Waals surface area (Å²) in [6.07, 6.45) is 3.65. The topological polar surface area (TPSA) is 17.8 Å². The molecule has 0 atom stereocenters. The van der Waals surface area contributed by atoms with E-state index in [-0.39, 0.29) is 5.82 Å². The average molecular weight is 413 g/mol. The Morgan fingerprint density at radius 3 is 2.62 bits per heavy atom. The molecule has 21 heavy (non-hydrogen) atoms. The van der Waals surface area contributed by atoms with Crippen molar-refractivity contribution in [1.82, 2.24) is 9.55 Å². The average Bonchev–Trinajstić information content (AvgIpc) is 2.91. The number of benzene rings is 2. The molecular formula is C16H11ClFIN2. The smallest absolute Gasteiger partial charge is 0.140 e. The van der Waals surface area contributed by atoms with Gasteiger partial charge in [0, 0.05) is 26.5 Å². The fourth-order valence-electron chi connectivity index (χ4n) is 2.13. The fraction of sp³-hybridized carbons (Fsp3) is 0.0625. The van der Waals surface area contributed by atoms with Gasteiger partial charge in [-0.3, -0.25) is 0 Å². The molecule has 0 aliphatic rings. The summed E-state index contributed by atoms with van der Waals surface area (Å²) >= 11 is 8.36. The van der Waals surface area contributed by atoms with Gasteiger partial charge in [0.25, 0.3) is 0 Å². The second-order valence-corrected chi connectivity index (χ2v) is 6.27. The van der Waals surface area contributed by atoms with Crippen LogP contribution in [0.3, 0.4) is 0 Å². The van der Waals surface area contributed by atoms with E-state index < -0.39 is 0 Å². The molecule has 0 aliphatic heterocycles. The molecule has 106 valence electrons. The molecule has 0 unspecified atom stereocenters. The number of rotatable bonds is 3. The predicted molar refractivity (Wildman–Crippen MR) is 90.9 cm³/mol. The lowest BCUT2D eigenvalue weighted by atomic mass is 10.2. The minimum atomic E-state index is -0.327. The van der Waals surface area contributed by atoms with Crippen LogP contribution < -0.4 is 0 Å². The van der Waals surface area contributed by atoms with Gasteiger partial charge in [0.05, 0.1) is 6.54 Å². The van der Waals surface area contributed by atoms with Crippen molar-refractivity contribution in [2.75, 3.05) is 0 Å². The van der Waals surface area contributed by atoms with E-state index in [1.165, 1.54) is 15.7 Å². The van der Waals surface area contributed by atoms with Gasteiger partial charge in [-0.2, -0.15) is 0 Å². The highest BCUT2D eigenvalue weighted by Gasteiger charge is 2.09. The Morgan fingerprint density at radius 2 is 1.90 bits per heavy atom. The van der Waals surface area contributed by atoms with Crippen LogP contribution in [-0.4, -0.2) is 9.55 Å². The van der Waals surface area contributed by atoms with E-state index in [2.05, 4.69) is 27.6 Å². The van der Waals surface area contributed by atoms with Gasteiger partial charge in [0.15, 0.2) is 0 Å². The van der Waals surface area contributed by atoms with Gasteiger partial charge in [-0.05, 0) is 52.4 Å². The van der Waals surface area contributed by atoms with Gasteiger partial charge in [0.2, 0.25) is 0 Å². The SMILES string of the molecule is Fc1ccc(Cn2ccnc2-c2ccc(I)cc2)c(Cl)c1. The maximum absolute atomic E-state index is 13.1. The Labute approximate surface area is 140 Å². The fourth-order valence-corrected chi connectivity index (χ4v) is 2.72. The molecule has 3 aromatic rings. The number of halogens is 3. The number of aromatic nitrogens is 2. The summed E-state index contributed by atoms with van der Waals surface area (Å²) in [5, 5.41) is 0.428. The van der Waals surface area contributed by atoms with Gasteiger partial charge in [0.1, 0.15) is 11.6 Å². The first kappa shape index (κ1) is 14.5. The number of imidazole rings is 1. The van der Waals surface area contributed by atoms with E-state index in [0.29, 0.717) is 11.6 Å². The molecule has 0 bridgehead atoms. The lowest BCUT2D eigenvalue weighted by molar-refractivity contribution is 0.626. The lowest BCUT2D eigenvalue weighted by Gasteiger charge is -2.10. The summed E-state index contributed by atoms with van der Waals surface area (Å²) in [6, 6.07) is 12.6. The molecule has 0 aliphatic carbocycles. The van der Waals surface area contributed by atoms with Crippen molar-refractivity contribution in [3.05, 3.63) is 74.8 Å². The third-order valence-electron chi connectivity index (χ3n) is 3.17. The molecule has 0 saturated carbocycles. The molecule has 3 rings (SSSR count). The van der Waals surface area contributed by atoms with Crippen LogP contribution in [-0.2, 0) is 6.54 Å². The minimum absolute atomic E-state index is 0.327. The summed E-state index contributed by atoms with van der Waals surface area (Å²) in [4.78, 5) is 4.40. The van der Waals surface area contributed by atoms with Crippen LogP contribution in [0.4, 0.5) is 4.39 Å². The van der Waals surface area contributed by atoms with E-state index in [0.717, 1.165) is 17.0 Å². The van der Waals surface area contributed by atoms with Crippen molar-refractivity contribution in [2.24, 2.45) is 0 Å². The molecule has 0 fully saturated rings. The zero-order valence-corrected chi connectivity index (χ0v) is 13.8. The normalized spacial score (nSPS) is 10.8. The summed E-state index contributed by atoms with van der Waals surface area (Å²) in [7, 11) is 0.